The normalized spacial score (nSPS) is 38.8. The van der Waals surface area contributed by atoms with Gasteiger partial charge in [-0.25, -0.2) is 0 Å². The van der Waals surface area contributed by atoms with Crippen molar-refractivity contribution in [2.24, 2.45) is 17.3 Å². The van der Waals surface area contributed by atoms with Crippen LogP contribution in [-0.4, -0.2) is 12.1 Å². The Hall–Kier alpha value is -0.790. The molecule has 0 saturated heterocycles. The van der Waals surface area contributed by atoms with E-state index in [1.165, 1.54) is 13.3 Å². The van der Waals surface area contributed by atoms with Gasteiger partial charge in [-0.3, -0.25) is 4.79 Å². The summed E-state index contributed by atoms with van der Waals surface area (Å²) in [5.74, 6) is 1.09. The maximum atomic E-state index is 10.9. The summed E-state index contributed by atoms with van der Waals surface area (Å²) < 4.78 is 5.26. The minimum atomic E-state index is -0.185. The van der Waals surface area contributed by atoms with Crippen molar-refractivity contribution >= 4 is 5.97 Å². The first-order valence-electron chi connectivity index (χ1n) is 5.29. The number of hydrogen-bond acceptors (Lipinski definition) is 2. The summed E-state index contributed by atoms with van der Waals surface area (Å²) in [6.45, 7) is 10.1. The van der Waals surface area contributed by atoms with Crippen molar-refractivity contribution in [2.75, 3.05) is 0 Å². The van der Waals surface area contributed by atoms with Gasteiger partial charge in [0, 0.05) is 6.92 Å². The second kappa shape index (κ2) is 2.85. The van der Waals surface area contributed by atoms with Crippen molar-refractivity contribution in [1.82, 2.24) is 0 Å². The molecule has 0 aromatic heterocycles. The summed E-state index contributed by atoms with van der Waals surface area (Å²) in [5.41, 5.74) is 1.51. The van der Waals surface area contributed by atoms with Gasteiger partial charge in [-0.1, -0.05) is 20.4 Å². The van der Waals surface area contributed by atoms with E-state index >= 15 is 0 Å². The first-order valence-corrected chi connectivity index (χ1v) is 5.29. The molecular formula is C12H18O2. The predicted molar refractivity (Wildman–Crippen MR) is 54.7 cm³/mol. The molecule has 0 spiro atoms. The van der Waals surface area contributed by atoms with E-state index in [9.17, 15) is 4.79 Å². The molecule has 3 saturated carbocycles. The maximum absolute atomic E-state index is 10.9. The molecule has 2 bridgehead atoms. The molecule has 0 N–H and O–H groups in total. The number of carbonyl (C=O) groups excluding carboxylic acids is 1. The minimum absolute atomic E-state index is 0.00993. The van der Waals surface area contributed by atoms with E-state index in [2.05, 4.69) is 20.4 Å². The van der Waals surface area contributed by atoms with Crippen molar-refractivity contribution in [3.05, 3.63) is 12.2 Å². The Morgan fingerprint density at radius 2 is 2.14 bits per heavy atom. The maximum Gasteiger partial charge on any atom is 0.303 e. The highest BCUT2D eigenvalue weighted by Gasteiger charge is 2.55. The van der Waals surface area contributed by atoms with Gasteiger partial charge in [-0.05, 0) is 35.7 Å². The van der Waals surface area contributed by atoms with Gasteiger partial charge in [0.15, 0.2) is 0 Å². The highest BCUT2D eigenvalue weighted by atomic mass is 16.5. The molecule has 0 unspecified atom stereocenters. The summed E-state index contributed by atoms with van der Waals surface area (Å²) in [6, 6.07) is 0. The summed E-state index contributed by atoms with van der Waals surface area (Å²) in [5, 5.41) is 0. The molecule has 78 valence electrons. The molecule has 3 fully saturated rings. The lowest BCUT2D eigenvalue weighted by molar-refractivity contribution is -0.153. The molecule has 3 atom stereocenters. The fraction of sp³-hybridized carbons (Fsp3) is 0.750. The minimum Gasteiger partial charge on any atom is -0.458 e. The van der Waals surface area contributed by atoms with Gasteiger partial charge in [0.05, 0.1) is 0 Å². The van der Waals surface area contributed by atoms with Crippen LogP contribution in [0.1, 0.15) is 33.6 Å². The Morgan fingerprint density at radius 1 is 1.50 bits per heavy atom. The number of rotatable bonds is 1. The SMILES string of the molecule is C=C1[C@H](OC(C)=O)C[C@@H]2C[C@@H]1C2(C)C. The molecule has 0 aromatic carbocycles. The van der Waals surface area contributed by atoms with Crippen LogP contribution in [0, 0.1) is 17.3 Å². The third-order valence-corrected chi connectivity index (χ3v) is 4.14. The monoisotopic (exact) mass is 194 g/mol. The highest BCUT2D eigenvalue weighted by Crippen LogP contribution is 2.61. The van der Waals surface area contributed by atoms with Gasteiger partial charge >= 0.3 is 5.97 Å². The van der Waals surface area contributed by atoms with Crippen LogP contribution in [0.5, 0.6) is 0 Å². The molecule has 2 heteroatoms. The molecule has 0 aliphatic heterocycles. The zero-order valence-corrected chi connectivity index (χ0v) is 9.17. The van der Waals surface area contributed by atoms with E-state index < -0.39 is 0 Å². The number of hydrogen-bond donors (Lipinski definition) is 0. The molecule has 0 amide bonds. The molecule has 0 radical (unpaired) electrons. The largest absolute Gasteiger partial charge is 0.458 e. The van der Waals surface area contributed by atoms with Crippen molar-refractivity contribution in [1.29, 1.82) is 0 Å². The Balaban J connectivity index is 2.08. The second-order valence-corrected chi connectivity index (χ2v) is 5.22. The molecule has 0 aromatic rings. The number of fused-ring (bicyclic) bond motifs is 2. The van der Waals surface area contributed by atoms with E-state index in [4.69, 9.17) is 4.74 Å². The Bertz CT molecular complexity index is 291. The van der Waals surface area contributed by atoms with Crippen LogP contribution < -0.4 is 0 Å². The van der Waals surface area contributed by atoms with Crippen LogP contribution in [0.2, 0.25) is 0 Å². The van der Waals surface area contributed by atoms with Crippen LogP contribution in [-0.2, 0) is 9.53 Å². The third-order valence-electron chi connectivity index (χ3n) is 4.14. The number of carbonyl (C=O) groups is 1. The lowest BCUT2D eigenvalue weighted by Crippen LogP contribution is -2.54. The van der Waals surface area contributed by atoms with Crippen LogP contribution in [0.25, 0.3) is 0 Å². The Labute approximate surface area is 85.3 Å². The molecule has 3 aliphatic carbocycles. The van der Waals surface area contributed by atoms with Crippen LogP contribution in [0.3, 0.4) is 0 Å². The average Bonchev–Trinajstić information content (AvgIpc) is 2.06. The standard InChI is InChI=1S/C12H18O2/c1-7-10-5-9(12(10,3)4)6-11(7)14-8(2)13/h9-11H,1,5-6H2,2-4H3/t9-,10-,11+/m0/s1. The lowest BCUT2D eigenvalue weighted by Gasteiger charge is -2.59. The topological polar surface area (TPSA) is 26.3 Å². The molecule has 0 heterocycles. The summed E-state index contributed by atoms with van der Waals surface area (Å²) in [6.07, 6.45) is 2.20. The van der Waals surface area contributed by atoms with Crippen LogP contribution in [0.15, 0.2) is 12.2 Å². The number of esters is 1. The smallest absolute Gasteiger partial charge is 0.303 e. The van der Waals surface area contributed by atoms with Crippen molar-refractivity contribution in [3.63, 3.8) is 0 Å². The second-order valence-electron chi connectivity index (χ2n) is 5.22. The first kappa shape index (κ1) is 9.75. The predicted octanol–water partition coefficient (Wildman–Crippen LogP) is 2.54. The summed E-state index contributed by atoms with van der Waals surface area (Å²) in [7, 11) is 0. The van der Waals surface area contributed by atoms with Gasteiger partial charge in [0.25, 0.3) is 0 Å². The van der Waals surface area contributed by atoms with E-state index in [1.807, 2.05) is 0 Å². The number of ether oxygens (including phenoxy) is 1. The van der Waals surface area contributed by atoms with Gasteiger partial charge in [0.2, 0.25) is 0 Å². The summed E-state index contributed by atoms with van der Waals surface area (Å²) >= 11 is 0. The molecule has 3 rings (SSSR count). The third kappa shape index (κ3) is 1.20. The first-order chi connectivity index (χ1) is 6.43. The van der Waals surface area contributed by atoms with E-state index in [1.54, 1.807) is 0 Å². The molecule has 3 aliphatic rings. The molecular weight excluding hydrogens is 176 g/mol. The van der Waals surface area contributed by atoms with Gasteiger partial charge in [-0.2, -0.15) is 0 Å². The van der Waals surface area contributed by atoms with E-state index in [0.717, 1.165) is 12.0 Å². The van der Waals surface area contributed by atoms with E-state index in [-0.39, 0.29) is 12.1 Å². The lowest BCUT2D eigenvalue weighted by atomic mass is 9.47. The van der Waals surface area contributed by atoms with Crippen molar-refractivity contribution in [2.45, 2.75) is 39.7 Å². The molecule has 14 heavy (non-hydrogen) atoms. The molecule has 2 nitrogen and oxygen atoms in total. The Kier molecular flexibility index (Phi) is 1.98. The van der Waals surface area contributed by atoms with Gasteiger partial charge in [-0.15, -0.1) is 0 Å². The Morgan fingerprint density at radius 3 is 2.57 bits per heavy atom. The van der Waals surface area contributed by atoms with Gasteiger partial charge in [0.1, 0.15) is 6.10 Å². The highest BCUT2D eigenvalue weighted by molar-refractivity contribution is 5.66. The van der Waals surface area contributed by atoms with Crippen molar-refractivity contribution < 1.29 is 9.53 Å². The quantitative estimate of drug-likeness (QED) is 0.473. The van der Waals surface area contributed by atoms with Crippen LogP contribution >= 0.6 is 0 Å². The van der Waals surface area contributed by atoms with Crippen LogP contribution in [0.4, 0.5) is 0 Å². The zero-order chi connectivity index (χ0) is 10.5. The van der Waals surface area contributed by atoms with E-state index in [0.29, 0.717) is 17.3 Å². The summed E-state index contributed by atoms with van der Waals surface area (Å²) in [4.78, 5) is 10.9. The fourth-order valence-electron chi connectivity index (χ4n) is 3.00. The van der Waals surface area contributed by atoms with Crippen molar-refractivity contribution in [3.8, 4) is 0 Å². The zero-order valence-electron chi connectivity index (χ0n) is 9.17. The van der Waals surface area contributed by atoms with Gasteiger partial charge < -0.3 is 4.74 Å². The average molecular weight is 194 g/mol. The fourth-order valence-corrected chi connectivity index (χ4v) is 3.00.